The second-order valence-corrected chi connectivity index (χ2v) is 3.89. The minimum atomic E-state index is 0.268. The third-order valence-electron chi connectivity index (χ3n) is 2.20. The van der Waals surface area contributed by atoms with Crippen LogP contribution in [-0.4, -0.2) is 34.1 Å². The average molecular weight is 209 g/mol. The third-order valence-corrected chi connectivity index (χ3v) is 2.20. The van der Waals surface area contributed by atoms with E-state index in [1.807, 2.05) is 19.4 Å². The molecule has 0 amide bonds. The fraction of sp³-hybridized carbons (Fsp3) is 0.600. The van der Waals surface area contributed by atoms with Crippen molar-refractivity contribution in [3.05, 3.63) is 18.0 Å². The van der Waals surface area contributed by atoms with E-state index in [0.717, 1.165) is 19.5 Å². The van der Waals surface area contributed by atoms with Gasteiger partial charge in [-0.05, 0) is 20.0 Å². The molecule has 3 N–H and O–H groups in total. The molecule has 84 valence electrons. The molecule has 1 aromatic rings. The summed E-state index contributed by atoms with van der Waals surface area (Å²) in [7, 11) is 3.98. The highest BCUT2D eigenvalue weighted by Gasteiger charge is 2.02. The second-order valence-electron chi connectivity index (χ2n) is 3.89. The average Bonchev–Trinajstić information content (AvgIpc) is 2.50. The van der Waals surface area contributed by atoms with Crippen LogP contribution in [-0.2, 0) is 13.6 Å². The predicted octanol–water partition coefficient (Wildman–Crippen LogP) is 0.568. The SMILES string of the molecule is CN(CCCC(=N)N)Cc1cnn(C)c1. The summed E-state index contributed by atoms with van der Waals surface area (Å²) in [6, 6.07) is 0. The molecule has 15 heavy (non-hydrogen) atoms. The molecule has 1 heterocycles. The van der Waals surface area contributed by atoms with Gasteiger partial charge in [-0.1, -0.05) is 0 Å². The second kappa shape index (κ2) is 5.50. The van der Waals surface area contributed by atoms with Gasteiger partial charge in [0.1, 0.15) is 0 Å². The zero-order chi connectivity index (χ0) is 11.3. The van der Waals surface area contributed by atoms with Crippen LogP contribution in [0.1, 0.15) is 18.4 Å². The van der Waals surface area contributed by atoms with Gasteiger partial charge in [-0.3, -0.25) is 10.1 Å². The predicted molar refractivity (Wildman–Crippen MR) is 60.7 cm³/mol. The smallest absolute Gasteiger partial charge is 0.0905 e. The van der Waals surface area contributed by atoms with Crippen molar-refractivity contribution in [1.82, 2.24) is 14.7 Å². The molecule has 0 atom stereocenters. The van der Waals surface area contributed by atoms with Crippen LogP contribution in [0.15, 0.2) is 12.4 Å². The molecule has 1 aromatic heterocycles. The molecule has 0 fully saturated rings. The van der Waals surface area contributed by atoms with Crippen molar-refractivity contribution in [3.8, 4) is 0 Å². The first-order chi connectivity index (χ1) is 7.08. The van der Waals surface area contributed by atoms with Gasteiger partial charge in [0.05, 0.1) is 12.0 Å². The summed E-state index contributed by atoms with van der Waals surface area (Å²) >= 11 is 0. The van der Waals surface area contributed by atoms with E-state index in [-0.39, 0.29) is 5.84 Å². The lowest BCUT2D eigenvalue weighted by Gasteiger charge is -2.14. The molecule has 0 aromatic carbocycles. The third kappa shape index (κ3) is 4.60. The van der Waals surface area contributed by atoms with Crippen LogP contribution >= 0.6 is 0 Å². The molecule has 0 aliphatic carbocycles. The number of amidine groups is 1. The van der Waals surface area contributed by atoms with Crippen molar-refractivity contribution in [2.45, 2.75) is 19.4 Å². The molecule has 0 bridgehead atoms. The first-order valence-electron chi connectivity index (χ1n) is 5.07. The summed E-state index contributed by atoms with van der Waals surface area (Å²) in [6.45, 7) is 1.85. The summed E-state index contributed by atoms with van der Waals surface area (Å²) < 4.78 is 1.80. The van der Waals surface area contributed by atoms with E-state index < -0.39 is 0 Å². The van der Waals surface area contributed by atoms with Gasteiger partial charge in [-0.15, -0.1) is 0 Å². The summed E-state index contributed by atoms with van der Waals surface area (Å²) in [5.41, 5.74) is 6.50. The van der Waals surface area contributed by atoms with Gasteiger partial charge in [-0.25, -0.2) is 0 Å². The number of nitrogens with two attached hydrogens (primary N) is 1. The highest BCUT2D eigenvalue weighted by molar-refractivity contribution is 5.76. The van der Waals surface area contributed by atoms with Gasteiger partial charge in [0, 0.05) is 31.8 Å². The van der Waals surface area contributed by atoms with Gasteiger partial charge in [0.15, 0.2) is 0 Å². The zero-order valence-corrected chi connectivity index (χ0v) is 9.40. The monoisotopic (exact) mass is 209 g/mol. The van der Waals surface area contributed by atoms with Crippen molar-refractivity contribution in [1.29, 1.82) is 5.41 Å². The van der Waals surface area contributed by atoms with Crippen LogP contribution in [0, 0.1) is 5.41 Å². The quantitative estimate of drug-likeness (QED) is 0.531. The topological polar surface area (TPSA) is 70.9 Å². The molecule has 0 aliphatic rings. The Morgan fingerprint density at radius 3 is 2.93 bits per heavy atom. The van der Waals surface area contributed by atoms with Gasteiger partial charge in [0.25, 0.3) is 0 Å². The highest BCUT2D eigenvalue weighted by Crippen LogP contribution is 2.02. The van der Waals surface area contributed by atoms with Crippen molar-refractivity contribution >= 4 is 5.84 Å². The Kier molecular flexibility index (Phi) is 4.30. The number of nitrogens with one attached hydrogen (secondary N) is 1. The van der Waals surface area contributed by atoms with Crippen molar-refractivity contribution < 1.29 is 0 Å². The Labute approximate surface area is 90.4 Å². The highest BCUT2D eigenvalue weighted by atomic mass is 15.2. The minimum absolute atomic E-state index is 0.268. The van der Waals surface area contributed by atoms with Gasteiger partial charge in [0.2, 0.25) is 0 Å². The van der Waals surface area contributed by atoms with E-state index in [2.05, 4.69) is 17.0 Å². The van der Waals surface area contributed by atoms with E-state index in [9.17, 15) is 0 Å². The molecule has 1 rings (SSSR count). The molecule has 5 nitrogen and oxygen atoms in total. The Balaban J connectivity index is 2.24. The van der Waals surface area contributed by atoms with Crippen LogP contribution < -0.4 is 5.73 Å². The van der Waals surface area contributed by atoms with Gasteiger partial charge < -0.3 is 10.6 Å². The van der Waals surface area contributed by atoms with E-state index in [0.29, 0.717) is 6.42 Å². The van der Waals surface area contributed by atoms with Crippen LogP contribution in [0.5, 0.6) is 0 Å². The molecule has 0 saturated heterocycles. The molecular formula is C10H19N5. The zero-order valence-electron chi connectivity index (χ0n) is 9.40. The number of rotatable bonds is 6. The Morgan fingerprint density at radius 2 is 2.40 bits per heavy atom. The van der Waals surface area contributed by atoms with Crippen LogP contribution in [0.4, 0.5) is 0 Å². The van der Waals surface area contributed by atoms with Crippen molar-refractivity contribution in [2.24, 2.45) is 12.8 Å². The number of aromatic nitrogens is 2. The molecule has 0 aliphatic heterocycles. The Morgan fingerprint density at radius 1 is 1.67 bits per heavy atom. The summed E-state index contributed by atoms with van der Waals surface area (Å²) in [5.74, 6) is 0.268. The summed E-state index contributed by atoms with van der Waals surface area (Å²) in [6.07, 6.45) is 5.51. The lowest BCUT2D eigenvalue weighted by molar-refractivity contribution is 0.324. The molecule has 0 saturated carbocycles. The summed E-state index contributed by atoms with van der Waals surface area (Å²) in [5, 5.41) is 11.2. The van der Waals surface area contributed by atoms with E-state index in [1.54, 1.807) is 4.68 Å². The molecule has 0 unspecified atom stereocenters. The number of nitrogens with zero attached hydrogens (tertiary/aromatic N) is 3. The van der Waals surface area contributed by atoms with E-state index >= 15 is 0 Å². The van der Waals surface area contributed by atoms with Crippen LogP contribution in [0.2, 0.25) is 0 Å². The van der Waals surface area contributed by atoms with Gasteiger partial charge >= 0.3 is 0 Å². The molecule has 0 spiro atoms. The lowest BCUT2D eigenvalue weighted by Crippen LogP contribution is -2.20. The maximum absolute atomic E-state index is 7.11. The molecule has 5 heteroatoms. The van der Waals surface area contributed by atoms with Crippen molar-refractivity contribution in [2.75, 3.05) is 13.6 Å². The van der Waals surface area contributed by atoms with E-state index in [4.69, 9.17) is 11.1 Å². The van der Waals surface area contributed by atoms with Crippen molar-refractivity contribution in [3.63, 3.8) is 0 Å². The maximum atomic E-state index is 7.11. The fourth-order valence-corrected chi connectivity index (χ4v) is 1.48. The number of hydrogen-bond donors (Lipinski definition) is 2. The minimum Gasteiger partial charge on any atom is -0.388 e. The fourth-order valence-electron chi connectivity index (χ4n) is 1.48. The molecule has 0 radical (unpaired) electrons. The standard InChI is InChI=1S/C10H19N5/c1-14(5-3-4-10(11)12)7-9-6-13-15(2)8-9/h6,8H,3-5,7H2,1-2H3,(H3,11,12). The largest absolute Gasteiger partial charge is 0.388 e. The number of hydrogen-bond acceptors (Lipinski definition) is 3. The first-order valence-corrected chi connectivity index (χ1v) is 5.07. The van der Waals surface area contributed by atoms with Crippen LogP contribution in [0.3, 0.4) is 0 Å². The normalized spacial score (nSPS) is 10.9. The first kappa shape index (κ1) is 11.7. The lowest BCUT2D eigenvalue weighted by atomic mass is 10.2. The molecular weight excluding hydrogens is 190 g/mol. The van der Waals surface area contributed by atoms with E-state index in [1.165, 1.54) is 5.56 Å². The van der Waals surface area contributed by atoms with Gasteiger partial charge in [-0.2, -0.15) is 5.10 Å². The maximum Gasteiger partial charge on any atom is 0.0905 e. The summed E-state index contributed by atoms with van der Waals surface area (Å²) in [4.78, 5) is 2.21. The number of aryl methyl sites for hydroxylation is 1. The van der Waals surface area contributed by atoms with Crippen LogP contribution in [0.25, 0.3) is 0 Å². The Bertz CT molecular complexity index is 317. The Hall–Kier alpha value is -1.36.